The van der Waals surface area contributed by atoms with E-state index in [9.17, 15) is 4.39 Å². The molecular formula is C12H9FN. The van der Waals surface area contributed by atoms with E-state index in [1.165, 1.54) is 12.1 Å². The van der Waals surface area contributed by atoms with Crippen LogP contribution in [0, 0.1) is 12.7 Å². The Morgan fingerprint density at radius 1 is 1.14 bits per heavy atom. The summed E-state index contributed by atoms with van der Waals surface area (Å²) in [6.45, 7) is 3.83. The lowest BCUT2D eigenvalue weighted by atomic mass is 10.1. The Balaban J connectivity index is 2.57. The van der Waals surface area contributed by atoms with Gasteiger partial charge in [0, 0.05) is 11.8 Å². The van der Waals surface area contributed by atoms with E-state index < -0.39 is 0 Å². The first-order valence-electron chi connectivity index (χ1n) is 4.30. The van der Waals surface area contributed by atoms with Crippen molar-refractivity contribution in [2.24, 2.45) is 0 Å². The van der Waals surface area contributed by atoms with Crippen molar-refractivity contribution in [1.29, 1.82) is 0 Å². The van der Waals surface area contributed by atoms with E-state index in [4.69, 9.17) is 0 Å². The van der Waals surface area contributed by atoms with Gasteiger partial charge < -0.3 is 0 Å². The van der Waals surface area contributed by atoms with Crippen molar-refractivity contribution in [1.82, 2.24) is 4.98 Å². The van der Waals surface area contributed by atoms with Gasteiger partial charge in [-0.1, -0.05) is 12.1 Å². The maximum absolute atomic E-state index is 13.0. The number of aromatic nitrogens is 1. The average molecular weight is 186 g/mol. The van der Waals surface area contributed by atoms with E-state index in [0.29, 0.717) is 0 Å². The largest absolute Gasteiger partial charge is 0.256 e. The van der Waals surface area contributed by atoms with E-state index in [2.05, 4.69) is 11.9 Å². The van der Waals surface area contributed by atoms with Crippen LogP contribution < -0.4 is 0 Å². The average Bonchev–Trinajstić information content (AvgIpc) is 2.23. The standard InChI is InChI=1S/C12H9FN/c1-9-5-6-10(13)8-11(9)12-4-2-3-7-14-12/h2-8H,1H2. The first-order chi connectivity index (χ1) is 6.77. The normalized spacial score (nSPS) is 10.1. The number of halogens is 1. The highest BCUT2D eigenvalue weighted by molar-refractivity contribution is 5.64. The highest BCUT2D eigenvalue weighted by Crippen LogP contribution is 2.21. The molecule has 1 heterocycles. The Kier molecular flexibility index (Phi) is 2.27. The van der Waals surface area contributed by atoms with Gasteiger partial charge in [-0.25, -0.2) is 4.39 Å². The van der Waals surface area contributed by atoms with Gasteiger partial charge >= 0.3 is 0 Å². The lowest BCUT2D eigenvalue weighted by Gasteiger charge is -2.04. The highest BCUT2D eigenvalue weighted by atomic mass is 19.1. The maximum atomic E-state index is 13.0. The third-order valence-corrected chi connectivity index (χ3v) is 2.01. The second-order valence-electron chi connectivity index (χ2n) is 3.02. The van der Waals surface area contributed by atoms with Gasteiger partial charge in [0.1, 0.15) is 5.82 Å². The molecule has 0 unspecified atom stereocenters. The topological polar surface area (TPSA) is 12.9 Å². The Bertz CT molecular complexity index is 437. The van der Waals surface area contributed by atoms with Crippen molar-refractivity contribution in [3.8, 4) is 11.3 Å². The summed E-state index contributed by atoms with van der Waals surface area (Å²) in [4.78, 5) is 4.14. The minimum absolute atomic E-state index is 0.266. The van der Waals surface area contributed by atoms with Gasteiger partial charge in [-0.3, -0.25) is 4.98 Å². The third kappa shape index (κ3) is 1.64. The van der Waals surface area contributed by atoms with Gasteiger partial charge in [-0.15, -0.1) is 0 Å². The van der Waals surface area contributed by atoms with Gasteiger partial charge in [0.05, 0.1) is 5.69 Å². The molecular weight excluding hydrogens is 177 g/mol. The lowest BCUT2D eigenvalue weighted by Crippen LogP contribution is -1.87. The SMILES string of the molecule is [CH2]c1ccc(F)cc1-c1ccccn1. The molecule has 14 heavy (non-hydrogen) atoms. The fourth-order valence-corrected chi connectivity index (χ4v) is 1.31. The maximum Gasteiger partial charge on any atom is 0.123 e. The monoisotopic (exact) mass is 186 g/mol. The van der Waals surface area contributed by atoms with Crippen LogP contribution in [0.25, 0.3) is 11.3 Å². The predicted molar refractivity (Wildman–Crippen MR) is 54.1 cm³/mol. The van der Waals surface area contributed by atoms with E-state index in [-0.39, 0.29) is 5.82 Å². The second kappa shape index (κ2) is 3.58. The summed E-state index contributed by atoms with van der Waals surface area (Å²) in [5, 5.41) is 0. The predicted octanol–water partition coefficient (Wildman–Crippen LogP) is 3.07. The second-order valence-corrected chi connectivity index (χ2v) is 3.02. The molecule has 1 nitrogen and oxygen atoms in total. The van der Waals surface area contributed by atoms with Gasteiger partial charge in [0.25, 0.3) is 0 Å². The van der Waals surface area contributed by atoms with Crippen LogP contribution in [0.2, 0.25) is 0 Å². The first kappa shape index (κ1) is 8.88. The molecule has 0 aliphatic rings. The molecule has 0 spiro atoms. The van der Waals surface area contributed by atoms with Gasteiger partial charge in [0.2, 0.25) is 0 Å². The Morgan fingerprint density at radius 2 is 2.00 bits per heavy atom. The van der Waals surface area contributed by atoms with Gasteiger partial charge in [-0.05, 0) is 36.8 Å². The molecule has 2 heteroatoms. The van der Waals surface area contributed by atoms with Crippen LogP contribution in [0.1, 0.15) is 5.56 Å². The summed E-state index contributed by atoms with van der Waals surface area (Å²) in [6.07, 6.45) is 1.68. The molecule has 2 rings (SSSR count). The molecule has 0 amide bonds. The smallest absolute Gasteiger partial charge is 0.123 e. The fraction of sp³-hybridized carbons (Fsp3) is 0. The van der Waals surface area contributed by atoms with Crippen molar-refractivity contribution in [2.45, 2.75) is 0 Å². The Labute approximate surface area is 82.2 Å². The molecule has 1 aromatic carbocycles. The molecule has 0 atom stereocenters. The molecule has 0 N–H and O–H groups in total. The number of hydrogen-bond acceptors (Lipinski definition) is 1. The van der Waals surface area contributed by atoms with Crippen molar-refractivity contribution in [3.05, 3.63) is 60.9 Å². The first-order valence-corrected chi connectivity index (χ1v) is 4.30. The molecule has 69 valence electrons. The lowest BCUT2D eigenvalue weighted by molar-refractivity contribution is 0.628. The quantitative estimate of drug-likeness (QED) is 0.667. The van der Waals surface area contributed by atoms with E-state index in [0.717, 1.165) is 16.8 Å². The van der Waals surface area contributed by atoms with Gasteiger partial charge in [0.15, 0.2) is 0 Å². The zero-order valence-electron chi connectivity index (χ0n) is 7.57. The Hall–Kier alpha value is -1.70. The summed E-state index contributed by atoms with van der Waals surface area (Å²) in [7, 11) is 0. The van der Waals surface area contributed by atoms with Crippen molar-refractivity contribution in [2.75, 3.05) is 0 Å². The molecule has 0 aliphatic heterocycles. The molecule has 0 saturated carbocycles. The van der Waals surface area contributed by atoms with Crippen LogP contribution in [-0.4, -0.2) is 4.98 Å². The summed E-state index contributed by atoms with van der Waals surface area (Å²) in [6, 6.07) is 10.0. The molecule has 2 aromatic rings. The number of hydrogen-bond donors (Lipinski definition) is 0. The van der Waals surface area contributed by atoms with Gasteiger partial charge in [-0.2, -0.15) is 0 Å². The van der Waals surface area contributed by atoms with Crippen LogP contribution in [0.15, 0.2) is 42.6 Å². The van der Waals surface area contributed by atoms with Crippen LogP contribution in [0.4, 0.5) is 4.39 Å². The van der Waals surface area contributed by atoms with Crippen molar-refractivity contribution < 1.29 is 4.39 Å². The van der Waals surface area contributed by atoms with Crippen LogP contribution in [0.5, 0.6) is 0 Å². The van der Waals surface area contributed by atoms with Crippen LogP contribution >= 0.6 is 0 Å². The minimum atomic E-state index is -0.266. The third-order valence-electron chi connectivity index (χ3n) is 2.01. The Morgan fingerprint density at radius 3 is 2.71 bits per heavy atom. The fourth-order valence-electron chi connectivity index (χ4n) is 1.31. The zero-order valence-corrected chi connectivity index (χ0v) is 7.57. The van der Waals surface area contributed by atoms with E-state index >= 15 is 0 Å². The van der Waals surface area contributed by atoms with Crippen molar-refractivity contribution in [3.63, 3.8) is 0 Å². The number of pyridine rings is 1. The minimum Gasteiger partial charge on any atom is -0.256 e. The van der Waals surface area contributed by atoms with Crippen LogP contribution in [-0.2, 0) is 0 Å². The molecule has 0 aliphatic carbocycles. The number of nitrogens with zero attached hydrogens (tertiary/aromatic N) is 1. The number of rotatable bonds is 1. The zero-order chi connectivity index (χ0) is 9.97. The number of benzene rings is 1. The molecule has 1 radical (unpaired) electrons. The molecule has 0 fully saturated rings. The summed E-state index contributed by atoms with van der Waals surface area (Å²) >= 11 is 0. The summed E-state index contributed by atoms with van der Waals surface area (Å²) in [5.74, 6) is -0.266. The van der Waals surface area contributed by atoms with Crippen molar-refractivity contribution >= 4 is 0 Å². The summed E-state index contributed by atoms with van der Waals surface area (Å²) < 4.78 is 13.0. The molecule has 1 aromatic heterocycles. The van der Waals surface area contributed by atoms with Crippen LogP contribution in [0.3, 0.4) is 0 Å². The van der Waals surface area contributed by atoms with E-state index in [1.54, 1.807) is 12.3 Å². The molecule has 0 bridgehead atoms. The summed E-state index contributed by atoms with van der Waals surface area (Å²) in [5.41, 5.74) is 2.27. The highest BCUT2D eigenvalue weighted by Gasteiger charge is 2.03. The molecule has 0 saturated heterocycles. The van der Waals surface area contributed by atoms with E-state index in [1.807, 2.05) is 18.2 Å².